The first-order chi connectivity index (χ1) is 18.2. The van der Waals surface area contributed by atoms with Crippen LogP contribution in [0.25, 0.3) is 10.1 Å². The Morgan fingerprint density at radius 2 is 1.66 bits per heavy atom. The van der Waals surface area contributed by atoms with Crippen LogP contribution in [0.15, 0.2) is 77.7 Å². The summed E-state index contributed by atoms with van der Waals surface area (Å²) >= 11 is 1.32. The molecule has 7 nitrogen and oxygen atoms in total. The number of fused-ring (bicyclic) bond motifs is 1. The topological polar surface area (TPSA) is 92.8 Å². The molecule has 9 heteroatoms. The lowest BCUT2D eigenvalue weighted by Crippen LogP contribution is -2.30. The van der Waals surface area contributed by atoms with Gasteiger partial charge in [0.2, 0.25) is 0 Å². The third kappa shape index (κ3) is 6.06. The molecule has 0 unspecified atom stereocenters. The monoisotopic (exact) mass is 550 g/mol. The summed E-state index contributed by atoms with van der Waals surface area (Å²) in [4.78, 5) is 25.7. The van der Waals surface area contributed by atoms with Crippen molar-refractivity contribution in [2.24, 2.45) is 0 Å². The molecule has 0 aliphatic carbocycles. The number of rotatable bonds is 10. The number of hydrogen-bond acceptors (Lipinski definition) is 6. The molecule has 1 aromatic heterocycles. The number of nitrogens with zero attached hydrogens (tertiary/aromatic N) is 1. The van der Waals surface area contributed by atoms with Crippen molar-refractivity contribution < 1.29 is 22.7 Å². The Kier molecular flexibility index (Phi) is 8.48. The number of hydrogen-bond donors (Lipinski definition) is 1. The summed E-state index contributed by atoms with van der Waals surface area (Å²) in [6, 6.07) is 20.5. The molecule has 4 rings (SSSR count). The summed E-state index contributed by atoms with van der Waals surface area (Å²) in [6.45, 7) is 6.37. The van der Waals surface area contributed by atoms with Crippen molar-refractivity contribution in [1.29, 1.82) is 0 Å². The highest BCUT2D eigenvalue weighted by molar-refractivity contribution is 7.92. The minimum absolute atomic E-state index is 0.232. The van der Waals surface area contributed by atoms with Crippen LogP contribution in [-0.4, -0.2) is 33.4 Å². The van der Waals surface area contributed by atoms with Crippen LogP contribution in [0.5, 0.6) is 0 Å². The van der Waals surface area contributed by atoms with Crippen LogP contribution in [-0.2, 0) is 14.8 Å². The van der Waals surface area contributed by atoms with Crippen molar-refractivity contribution in [2.45, 2.75) is 38.5 Å². The average Bonchev–Trinajstić information content (AvgIpc) is 3.34. The summed E-state index contributed by atoms with van der Waals surface area (Å²) in [6.07, 6.45) is 1.76. The fourth-order valence-corrected chi connectivity index (χ4v) is 6.31. The van der Waals surface area contributed by atoms with Gasteiger partial charge in [-0.2, -0.15) is 0 Å². The summed E-state index contributed by atoms with van der Waals surface area (Å²) < 4.78 is 34.0. The second-order valence-corrected chi connectivity index (χ2v) is 11.8. The quantitative estimate of drug-likeness (QED) is 0.177. The van der Waals surface area contributed by atoms with Gasteiger partial charge in [-0.15, -0.1) is 11.3 Å². The maximum absolute atomic E-state index is 13.3. The lowest BCUT2D eigenvalue weighted by molar-refractivity contribution is 0.0499. The average molecular weight is 551 g/mol. The Hall–Kier alpha value is -3.69. The number of aryl methyl sites for hydroxylation is 1. The lowest BCUT2D eigenvalue weighted by Gasteiger charge is -2.23. The number of benzene rings is 3. The van der Waals surface area contributed by atoms with E-state index >= 15 is 0 Å². The van der Waals surface area contributed by atoms with Crippen molar-refractivity contribution >= 4 is 54.7 Å². The predicted molar refractivity (Wildman–Crippen MR) is 153 cm³/mol. The third-order valence-electron chi connectivity index (χ3n) is 6.02. The number of nitrogens with one attached hydrogen (secondary N) is 1. The second kappa shape index (κ2) is 11.8. The first-order valence-electron chi connectivity index (χ1n) is 12.4. The van der Waals surface area contributed by atoms with Gasteiger partial charge >= 0.3 is 5.97 Å². The van der Waals surface area contributed by atoms with Gasteiger partial charge < -0.3 is 10.1 Å². The molecular formula is C29H30N2O5S2. The summed E-state index contributed by atoms with van der Waals surface area (Å²) in [7, 11) is -3.73. The van der Waals surface area contributed by atoms with Crippen LogP contribution in [0, 0.1) is 6.92 Å². The highest BCUT2D eigenvalue weighted by atomic mass is 32.2. The smallest absolute Gasteiger partial charge is 0.338 e. The molecule has 0 aliphatic rings. The second-order valence-electron chi connectivity index (χ2n) is 8.84. The van der Waals surface area contributed by atoms with Gasteiger partial charge in [-0.3, -0.25) is 9.10 Å². The molecular weight excluding hydrogens is 520 g/mol. The molecule has 38 heavy (non-hydrogen) atoms. The van der Waals surface area contributed by atoms with E-state index in [0.717, 1.165) is 28.5 Å². The summed E-state index contributed by atoms with van der Waals surface area (Å²) in [5, 5.41) is 3.63. The van der Waals surface area contributed by atoms with Gasteiger partial charge in [-0.25, -0.2) is 13.2 Å². The Labute approximate surface area is 227 Å². The number of amides is 1. The molecule has 0 aliphatic heterocycles. The van der Waals surface area contributed by atoms with E-state index in [1.54, 1.807) is 73.7 Å². The molecule has 198 valence electrons. The van der Waals surface area contributed by atoms with Crippen molar-refractivity contribution in [3.05, 3.63) is 88.8 Å². The number of unbranched alkanes of at least 4 members (excludes halogenated alkanes) is 1. The zero-order chi connectivity index (χ0) is 27.3. The summed E-state index contributed by atoms with van der Waals surface area (Å²) in [5.74, 6) is -0.673. The molecule has 1 amide bonds. The van der Waals surface area contributed by atoms with Gasteiger partial charge in [0, 0.05) is 16.9 Å². The van der Waals surface area contributed by atoms with Gasteiger partial charge in [0.25, 0.3) is 15.9 Å². The maximum atomic E-state index is 13.3. The molecule has 3 aromatic carbocycles. The molecule has 0 radical (unpaired) electrons. The Morgan fingerprint density at radius 3 is 2.32 bits per heavy atom. The van der Waals surface area contributed by atoms with Gasteiger partial charge in [0.1, 0.15) is 0 Å². The zero-order valence-corrected chi connectivity index (χ0v) is 23.2. The van der Waals surface area contributed by atoms with Crippen LogP contribution in [0.3, 0.4) is 0 Å². The van der Waals surface area contributed by atoms with E-state index in [9.17, 15) is 18.0 Å². The minimum atomic E-state index is -3.73. The number of thiophene rings is 1. The number of carbonyl (C=O) groups is 2. The van der Waals surface area contributed by atoms with Crippen molar-refractivity contribution in [3.63, 3.8) is 0 Å². The van der Waals surface area contributed by atoms with Crippen molar-refractivity contribution in [1.82, 2.24) is 0 Å². The third-order valence-corrected chi connectivity index (χ3v) is 9.05. The molecule has 4 aromatic rings. The first kappa shape index (κ1) is 27.3. The summed E-state index contributed by atoms with van der Waals surface area (Å²) in [5.41, 5.74) is 2.50. The number of anilines is 2. The van der Waals surface area contributed by atoms with Gasteiger partial charge in [-0.05, 0) is 86.3 Å². The van der Waals surface area contributed by atoms with E-state index in [4.69, 9.17) is 4.74 Å². The molecule has 0 atom stereocenters. The van der Waals surface area contributed by atoms with E-state index < -0.39 is 10.0 Å². The largest absolute Gasteiger partial charge is 0.462 e. The van der Waals surface area contributed by atoms with Gasteiger partial charge in [-0.1, -0.05) is 31.0 Å². The van der Waals surface area contributed by atoms with Crippen LogP contribution < -0.4 is 9.62 Å². The van der Waals surface area contributed by atoms with E-state index in [1.807, 2.05) is 19.9 Å². The number of esters is 1. The lowest BCUT2D eigenvalue weighted by atomic mass is 10.2. The Balaban J connectivity index is 1.50. The van der Waals surface area contributed by atoms with Crippen LogP contribution >= 0.6 is 11.3 Å². The molecule has 0 spiro atoms. The van der Waals surface area contributed by atoms with Crippen LogP contribution in [0.1, 0.15) is 52.3 Å². The number of sulfonamides is 1. The zero-order valence-electron chi connectivity index (χ0n) is 21.6. The van der Waals surface area contributed by atoms with Gasteiger partial charge in [0.15, 0.2) is 0 Å². The highest BCUT2D eigenvalue weighted by Crippen LogP contribution is 2.32. The SMILES string of the molecule is CCCCOC(=O)c1ccc(NC(=O)c2cc3cc(N(CC)S(=O)(=O)c4ccc(C)cc4)ccc3s2)cc1. The molecule has 0 bridgehead atoms. The minimum Gasteiger partial charge on any atom is -0.462 e. The van der Waals surface area contributed by atoms with Crippen LogP contribution in [0.2, 0.25) is 0 Å². The fraction of sp³-hybridized carbons (Fsp3) is 0.241. The van der Waals surface area contributed by atoms with Crippen molar-refractivity contribution in [2.75, 3.05) is 22.8 Å². The van der Waals surface area contributed by atoms with Gasteiger partial charge in [0.05, 0.1) is 27.6 Å². The molecule has 1 heterocycles. The first-order valence-corrected chi connectivity index (χ1v) is 14.7. The van der Waals surface area contributed by atoms with E-state index in [-0.39, 0.29) is 23.3 Å². The molecule has 0 saturated heterocycles. The van der Waals surface area contributed by atoms with E-state index in [2.05, 4.69) is 5.32 Å². The maximum Gasteiger partial charge on any atom is 0.338 e. The Morgan fingerprint density at radius 1 is 0.947 bits per heavy atom. The fourth-order valence-electron chi connectivity index (χ4n) is 3.90. The number of ether oxygens (including phenoxy) is 1. The van der Waals surface area contributed by atoms with Crippen LogP contribution in [0.4, 0.5) is 11.4 Å². The normalized spacial score (nSPS) is 11.3. The van der Waals surface area contributed by atoms with Crippen molar-refractivity contribution in [3.8, 4) is 0 Å². The molecule has 0 saturated carbocycles. The standard InChI is InChI=1S/C29H30N2O5S2/c1-4-6-17-36-29(33)21-9-11-23(12-10-21)30-28(32)27-19-22-18-24(13-16-26(22)37-27)31(5-2)38(34,35)25-14-7-20(3)8-15-25/h7-16,18-19H,4-6,17H2,1-3H3,(H,30,32). The molecule has 0 fully saturated rings. The Bertz CT molecular complexity index is 1540. The molecule has 1 N–H and O–H groups in total. The van der Waals surface area contributed by atoms with E-state index in [1.165, 1.54) is 15.6 Å². The number of carbonyl (C=O) groups excluding carboxylic acids is 2. The highest BCUT2D eigenvalue weighted by Gasteiger charge is 2.24. The predicted octanol–water partition coefficient (Wildman–Crippen LogP) is 6.63. The van der Waals surface area contributed by atoms with E-state index in [0.29, 0.717) is 28.4 Å².